The van der Waals surface area contributed by atoms with E-state index in [0.717, 1.165) is 5.56 Å². The third kappa shape index (κ3) is 4.28. The number of benzene rings is 2. The predicted octanol–water partition coefficient (Wildman–Crippen LogP) is 3.52. The van der Waals surface area contributed by atoms with Crippen LogP contribution in [0.1, 0.15) is 27.2 Å². The van der Waals surface area contributed by atoms with Crippen LogP contribution in [0.2, 0.25) is 5.02 Å². The molecule has 1 N–H and O–H groups in total. The molecular weight excluding hydrogens is 392 g/mol. The number of nitriles is 1. The van der Waals surface area contributed by atoms with Gasteiger partial charge < -0.3 is 10.1 Å². The van der Waals surface area contributed by atoms with Gasteiger partial charge in [-0.3, -0.25) is 9.59 Å². The second kappa shape index (κ2) is 8.59. The van der Waals surface area contributed by atoms with Crippen molar-refractivity contribution in [3.05, 3.63) is 75.9 Å². The van der Waals surface area contributed by atoms with Crippen LogP contribution in [-0.4, -0.2) is 35.2 Å². The van der Waals surface area contributed by atoms with Crippen molar-refractivity contribution in [1.82, 2.24) is 9.78 Å². The van der Waals surface area contributed by atoms with Crippen molar-refractivity contribution in [2.24, 2.45) is 0 Å². The molecule has 0 spiro atoms. The normalized spacial score (nSPS) is 10.3. The minimum Gasteiger partial charge on any atom is -0.468 e. The van der Waals surface area contributed by atoms with Crippen molar-refractivity contribution in [3.8, 4) is 11.8 Å². The number of anilines is 1. The van der Waals surface area contributed by atoms with Crippen molar-refractivity contribution < 1.29 is 14.3 Å². The molecule has 0 amide bonds. The highest BCUT2D eigenvalue weighted by Gasteiger charge is 2.25. The van der Waals surface area contributed by atoms with Gasteiger partial charge in [0.2, 0.25) is 5.78 Å². The number of ketones is 1. The van der Waals surface area contributed by atoms with Gasteiger partial charge in [-0.05, 0) is 31.2 Å². The van der Waals surface area contributed by atoms with Crippen LogP contribution in [-0.2, 0) is 9.53 Å². The first-order valence-electron chi connectivity index (χ1n) is 8.65. The van der Waals surface area contributed by atoms with Crippen molar-refractivity contribution in [3.63, 3.8) is 0 Å². The maximum absolute atomic E-state index is 13.0. The van der Waals surface area contributed by atoms with Gasteiger partial charge in [-0.2, -0.15) is 10.4 Å². The molecule has 2 aromatic carbocycles. The van der Waals surface area contributed by atoms with Crippen LogP contribution in [0.15, 0.2) is 48.5 Å². The van der Waals surface area contributed by atoms with Gasteiger partial charge in [0, 0.05) is 10.6 Å². The number of esters is 1. The van der Waals surface area contributed by atoms with Crippen LogP contribution in [0, 0.1) is 18.3 Å². The number of ether oxygens (including phenoxy) is 1. The summed E-state index contributed by atoms with van der Waals surface area (Å²) in [5.41, 5.74) is 2.01. The summed E-state index contributed by atoms with van der Waals surface area (Å²) in [5.74, 6) is -0.699. The number of carbonyl (C=O) groups excluding carboxylic acids is 2. The molecule has 0 saturated carbocycles. The van der Waals surface area contributed by atoms with Crippen LogP contribution >= 0.6 is 11.6 Å². The minimum atomic E-state index is -0.524. The van der Waals surface area contributed by atoms with E-state index in [2.05, 4.69) is 15.2 Å². The fraction of sp³-hybridized carbons (Fsp3) is 0.143. The highest BCUT2D eigenvalue weighted by Crippen LogP contribution is 2.26. The van der Waals surface area contributed by atoms with Gasteiger partial charge >= 0.3 is 5.97 Å². The molecule has 3 rings (SSSR count). The summed E-state index contributed by atoms with van der Waals surface area (Å²) in [4.78, 5) is 24.6. The molecule has 0 aliphatic heterocycles. The smallest absolute Gasteiger partial charge is 0.325 e. The summed E-state index contributed by atoms with van der Waals surface area (Å²) >= 11 is 5.95. The Balaban J connectivity index is 2.12. The first kappa shape index (κ1) is 20.1. The number of aromatic nitrogens is 2. The van der Waals surface area contributed by atoms with Crippen molar-refractivity contribution in [1.29, 1.82) is 5.26 Å². The number of aryl methyl sites for hydroxylation is 1. The Morgan fingerprint density at radius 3 is 2.41 bits per heavy atom. The standard InChI is InChI=1S/C21H17ClN4O3/c1-13-3-5-14(6-4-13)20(28)19-17(11-23)21(24-12-18(27)29-2)26(25-19)16-9-7-15(22)8-10-16/h3-10,24H,12H2,1-2H3. The third-order valence-corrected chi connectivity index (χ3v) is 4.48. The summed E-state index contributed by atoms with van der Waals surface area (Å²) < 4.78 is 6.05. The molecule has 146 valence electrons. The van der Waals surface area contributed by atoms with Crippen LogP contribution in [0.25, 0.3) is 5.69 Å². The highest BCUT2D eigenvalue weighted by atomic mass is 35.5. The average molecular weight is 409 g/mol. The number of hydrogen-bond acceptors (Lipinski definition) is 6. The Morgan fingerprint density at radius 1 is 1.17 bits per heavy atom. The first-order valence-corrected chi connectivity index (χ1v) is 9.03. The SMILES string of the molecule is COC(=O)CNc1c(C#N)c(C(=O)c2ccc(C)cc2)nn1-c1ccc(Cl)cc1. The molecule has 7 nitrogen and oxygen atoms in total. The Kier molecular flexibility index (Phi) is 5.96. The largest absolute Gasteiger partial charge is 0.468 e. The van der Waals surface area contributed by atoms with Gasteiger partial charge in [0.1, 0.15) is 24.0 Å². The van der Waals surface area contributed by atoms with Gasteiger partial charge in [-0.25, -0.2) is 4.68 Å². The van der Waals surface area contributed by atoms with Crippen molar-refractivity contribution >= 4 is 29.2 Å². The third-order valence-electron chi connectivity index (χ3n) is 4.23. The van der Waals surface area contributed by atoms with Crippen LogP contribution < -0.4 is 5.32 Å². The summed E-state index contributed by atoms with van der Waals surface area (Å²) in [6, 6.07) is 15.7. The zero-order valence-electron chi connectivity index (χ0n) is 15.8. The molecule has 0 saturated heterocycles. The first-order chi connectivity index (χ1) is 13.9. The number of nitrogens with one attached hydrogen (secondary N) is 1. The van der Waals surface area contributed by atoms with E-state index in [4.69, 9.17) is 11.6 Å². The van der Waals surface area contributed by atoms with Crippen LogP contribution in [0.5, 0.6) is 0 Å². The number of carbonyl (C=O) groups is 2. The maximum atomic E-state index is 13.0. The molecule has 3 aromatic rings. The van der Waals surface area contributed by atoms with Gasteiger partial charge in [-0.1, -0.05) is 41.4 Å². The maximum Gasteiger partial charge on any atom is 0.325 e. The molecule has 0 aliphatic carbocycles. The Morgan fingerprint density at radius 2 is 1.83 bits per heavy atom. The van der Waals surface area contributed by atoms with Gasteiger partial charge in [0.05, 0.1) is 12.8 Å². The molecule has 0 unspecified atom stereocenters. The second-order valence-electron chi connectivity index (χ2n) is 6.20. The molecule has 0 bridgehead atoms. The Bertz CT molecular complexity index is 1100. The lowest BCUT2D eigenvalue weighted by Crippen LogP contribution is -2.17. The zero-order valence-corrected chi connectivity index (χ0v) is 16.5. The Hall–Kier alpha value is -3.63. The van der Waals surface area contributed by atoms with Gasteiger partial charge in [0.15, 0.2) is 5.69 Å². The summed E-state index contributed by atoms with van der Waals surface area (Å²) in [6.07, 6.45) is 0. The quantitative estimate of drug-likeness (QED) is 0.495. The minimum absolute atomic E-state index is 0.0151. The fourth-order valence-electron chi connectivity index (χ4n) is 2.69. The van der Waals surface area contributed by atoms with E-state index in [0.29, 0.717) is 16.3 Å². The van der Waals surface area contributed by atoms with E-state index in [9.17, 15) is 14.9 Å². The lowest BCUT2D eigenvalue weighted by atomic mass is 10.0. The lowest BCUT2D eigenvalue weighted by molar-refractivity contribution is -0.138. The van der Waals surface area contributed by atoms with E-state index in [1.54, 1.807) is 36.4 Å². The van der Waals surface area contributed by atoms with Crippen LogP contribution in [0.3, 0.4) is 0 Å². The Labute approximate surface area is 172 Å². The zero-order chi connectivity index (χ0) is 21.0. The number of hydrogen-bond donors (Lipinski definition) is 1. The predicted molar refractivity (Wildman–Crippen MR) is 108 cm³/mol. The van der Waals surface area contributed by atoms with Gasteiger partial charge in [-0.15, -0.1) is 0 Å². The fourth-order valence-corrected chi connectivity index (χ4v) is 2.81. The highest BCUT2D eigenvalue weighted by molar-refractivity contribution is 6.30. The summed E-state index contributed by atoms with van der Waals surface area (Å²) in [6.45, 7) is 1.72. The molecule has 8 heteroatoms. The molecule has 0 radical (unpaired) electrons. The molecule has 29 heavy (non-hydrogen) atoms. The summed E-state index contributed by atoms with van der Waals surface area (Å²) in [5, 5.41) is 17.5. The molecular formula is C21H17ClN4O3. The monoisotopic (exact) mass is 408 g/mol. The number of rotatable bonds is 6. The van der Waals surface area contributed by atoms with Gasteiger partial charge in [0.25, 0.3) is 0 Å². The molecule has 0 aliphatic rings. The summed E-state index contributed by atoms with van der Waals surface area (Å²) in [7, 11) is 1.26. The number of methoxy groups -OCH3 is 1. The van der Waals surface area contributed by atoms with E-state index in [1.807, 2.05) is 25.1 Å². The topological polar surface area (TPSA) is 97.0 Å². The molecule has 0 fully saturated rings. The van der Waals surface area contributed by atoms with E-state index in [1.165, 1.54) is 11.8 Å². The van der Waals surface area contributed by atoms with Crippen molar-refractivity contribution in [2.45, 2.75) is 6.92 Å². The number of nitrogens with zero attached hydrogens (tertiary/aromatic N) is 3. The second-order valence-corrected chi connectivity index (χ2v) is 6.63. The van der Waals surface area contributed by atoms with E-state index < -0.39 is 11.8 Å². The average Bonchev–Trinajstić information content (AvgIpc) is 3.11. The number of halogens is 1. The van der Waals surface area contributed by atoms with E-state index in [-0.39, 0.29) is 23.6 Å². The van der Waals surface area contributed by atoms with E-state index >= 15 is 0 Å². The van der Waals surface area contributed by atoms with Crippen LogP contribution in [0.4, 0.5) is 5.82 Å². The molecule has 0 atom stereocenters. The molecule has 1 aromatic heterocycles. The lowest BCUT2D eigenvalue weighted by Gasteiger charge is -2.09. The molecule has 1 heterocycles. The van der Waals surface area contributed by atoms with Crippen molar-refractivity contribution in [2.75, 3.05) is 19.0 Å².